The van der Waals surface area contributed by atoms with E-state index < -0.39 is 0 Å². The van der Waals surface area contributed by atoms with Crippen LogP contribution in [-0.2, 0) is 20.7 Å². The third kappa shape index (κ3) is 12.5. The molecule has 5 nitrogen and oxygen atoms in total. The summed E-state index contributed by atoms with van der Waals surface area (Å²) in [5.74, 6) is 1.58. The summed E-state index contributed by atoms with van der Waals surface area (Å²) < 4.78 is 5.64. The number of amides is 2. The quantitative estimate of drug-likeness (QED) is 0.380. The molecular weight excluding hydrogens is 336 g/mol. The number of aryl methyl sites for hydroxylation is 1. The molecule has 0 fully saturated rings. The summed E-state index contributed by atoms with van der Waals surface area (Å²) in [4.78, 5) is 21.6. The second-order valence-electron chi connectivity index (χ2n) is 6.05. The van der Waals surface area contributed by atoms with Gasteiger partial charge in [0.05, 0.1) is 5.94 Å². The predicted octanol–water partition coefficient (Wildman–Crippen LogP) is 4.21. The van der Waals surface area contributed by atoms with Crippen LogP contribution >= 0.6 is 11.8 Å². The number of rotatable bonds is 14. The van der Waals surface area contributed by atoms with Crippen molar-refractivity contribution in [2.24, 2.45) is 5.73 Å². The van der Waals surface area contributed by atoms with Gasteiger partial charge >= 0.3 is 0 Å². The molecule has 0 atom stereocenters. The van der Waals surface area contributed by atoms with Crippen molar-refractivity contribution in [3.05, 3.63) is 29.8 Å². The summed E-state index contributed by atoms with van der Waals surface area (Å²) in [5.41, 5.74) is 7.18. The number of primary amides is 1. The van der Waals surface area contributed by atoms with Crippen LogP contribution in [0.25, 0.3) is 0 Å². The van der Waals surface area contributed by atoms with Gasteiger partial charge in [0.15, 0.2) is 0 Å². The first-order chi connectivity index (χ1) is 12.1. The minimum atomic E-state index is -0.202. The van der Waals surface area contributed by atoms with E-state index in [1.54, 1.807) is 0 Å². The van der Waals surface area contributed by atoms with Crippen molar-refractivity contribution in [2.45, 2.75) is 51.9 Å². The standard InChI is InChI=1S/C19H30N2O3S.2H2/c1-16(22)21-18-11-9-17(10-12-18)7-6-13-24-15-25-14-5-3-2-4-8-19(20)23;;/h9-12H,2-8,13-15H2,1H3,(H2,20,23)(H,21,22);2*1H. The molecule has 0 heterocycles. The molecule has 0 saturated heterocycles. The number of nitrogens with one attached hydrogen (secondary N) is 1. The molecule has 0 saturated carbocycles. The van der Waals surface area contributed by atoms with Gasteiger partial charge in [0.25, 0.3) is 0 Å². The highest BCUT2D eigenvalue weighted by Crippen LogP contribution is 2.12. The van der Waals surface area contributed by atoms with Crippen molar-refractivity contribution >= 4 is 29.3 Å². The molecule has 2 amide bonds. The molecule has 6 heteroatoms. The number of ether oxygens (including phenoxy) is 1. The van der Waals surface area contributed by atoms with E-state index in [1.807, 2.05) is 36.0 Å². The third-order valence-electron chi connectivity index (χ3n) is 3.66. The van der Waals surface area contributed by atoms with Crippen molar-refractivity contribution in [3.8, 4) is 0 Å². The minimum Gasteiger partial charge on any atom is -0.371 e. The largest absolute Gasteiger partial charge is 0.371 e. The Kier molecular flexibility index (Phi) is 11.8. The Morgan fingerprint density at radius 1 is 1.12 bits per heavy atom. The van der Waals surface area contributed by atoms with E-state index in [9.17, 15) is 9.59 Å². The fraction of sp³-hybridized carbons (Fsp3) is 0.579. The monoisotopic (exact) mass is 370 g/mol. The zero-order valence-electron chi connectivity index (χ0n) is 15.1. The zero-order chi connectivity index (χ0) is 18.3. The van der Waals surface area contributed by atoms with Crippen molar-refractivity contribution in [1.82, 2.24) is 0 Å². The third-order valence-corrected chi connectivity index (χ3v) is 4.57. The van der Waals surface area contributed by atoms with Crippen molar-refractivity contribution in [3.63, 3.8) is 0 Å². The lowest BCUT2D eigenvalue weighted by atomic mass is 10.1. The molecule has 0 radical (unpaired) electrons. The number of carbonyl (C=O) groups is 2. The fourth-order valence-electron chi connectivity index (χ4n) is 2.37. The van der Waals surface area contributed by atoms with Gasteiger partial charge in [0, 0.05) is 28.5 Å². The van der Waals surface area contributed by atoms with Crippen LogP contribution in [0.2, 0.25) is 0 Å². The molecule has 0 aliphatic rings. The van der Waals surface area contributed by atoms with Crippen LogP contribution in [0.15, 0.2) is 24.3 Å². The van der Waals surface area contributed by atoms with Gasteiger partial charge < -0.3 is 15.8 Å². The Bertz CT molecular complexity index is 516. The highest BCUT2D eigenvalue weighted by Gasteiger charge is 1.98. The summed E-state index contributed by atoms with van der Waals surface area (Å²) >= 11 is 1.82. The lowest BCUT2D eigenvalue weighted by Crippen LogP contribution is -2.09. The van der Waals surface area contributed by atoms with Crippen molar-refractivity contribution in [2.75, 3.05) is 23.6 Å². The van der Waals surface area contributed by atoms with Crippen LogP contribution in [0, 0.1) is 0 Å². The maximum absolute atomic E-state index is 11.0. The van der Waals surface area contributed by atoms with Crippen LogP contribution < -0.4 is 11.1 Å². The van der Waals surface area contributed by atoms with E-state index in [-0.39, 0.29) is 14.7 Å². The Morgan fingerprint density at radius 3 is 2.52 bits per heavy atom. The molecule has 1 aromatic carbocycles. The Hall–Kier alpha value is -1.53. The van der Waals surface area contributed by atoms with Crippen LogP contribution in [0.4, 0.5) is 5.69 Å². The van der Waals surface area contributed by atoms with Crippen LogP contribution in [-0.4, -0.2) is 30.1 Å². The van der Waals surface area contributed by atoms with Gasteiger partial charge in [0.1, 0.15) is 0 Å². The second-order valence-corrected chi connectivity index (χ2v) is 7.10. The van der Waals surface area contributed by atoms with Gasteiger partial charge in [-0.2, -0.15) is 0 Å². The molecule has 25 heavy (non-hydrogen) atoms. The summed E-state index contributed by atoms with van der Waals surface area (Å²) in [5, 5.41) is 2.76. The molecule has 0 aliphatic heterocycles. The number of nitrogens with two attached hydrogens (primary N) is 1. The summed E-state index contributed by atoms with van der Waals surface area (Å²) in [6.07, 6.45) is 6.76. The van der Waals surface area contributed by atoms with Gasteiger partial charge in [-0.05, 0) is 49.1 Å². The topological polar surface area (TPSA) is 81.4 Å². The number of thioether (sulfide) groups is 1. The number of benzene rings is 1. The molecule has 0 unspecified atom stereocenters. The van der Waals surface area contributed by atoms with Crippen LogP contribution in [0.5, 0.6) is 0 Å². The Balaban J connectivity index is 0. The van der Waals surface area contributed by atoms with Gasteiger partial charge in [-0.1, -0.05) is 25.0 Å². The molecule has 0 bridgehead atoms. The van der Waals surface area contributed by atoms with Crippen LogP contribution in [0.1, 0.15) is 53.9 Å². The average molecular weight is 371 g/mol. The first-order valence-electron chi connectivity index (χ1n) is 8.88. The molecule has 144 valence electrons. The van der Waals surface area contributed by atoms with Crippen molar-refractivity contribution < 1.29 is 17.2 Å². The number of unbranched alkanes of at least 4 members (excludes halogenated alkanes) is 3. The zero-order valence-corrected chi connectivity index (χ0v) is 15.9. The van der Waals surface area contributed by atoms with Gasteiger partial charge in [-0.15, -0.1) is 11.8 Å². The molecule has 0 spiro atoms. The maximum Gasteiger partial charge on any atom is 0.221 e. The predicted molar refractivity (Wildman–Crippen MR) is 109 cm³/mol. The smallest absolute Gasteiger partial charge is 0.221 e. The van der Waals surface area contributed by atoms with E-state index >= 15 is 0 Å². The highest BCUT2D eigenvalue weighted by atomic mass is 32.2. The number of carbonyl (C=O) groups excluding carboxylic acids is 2. The average Bonchev–Trinajstić information content (AvgIpc) is 2.56. The van der Waals surface area contributed by atoms with E-state index in [1.165, 1.54) is 12.5 Å². The summed E-state index contributed by atoms with van der Waals surface area (Å²) in [6.45, 7) is 2.27. The van der Waals surface area contributed by atoms with Crippen LogP contribution in [0.3, 0.4) is 0 Å². The van der Waals surface area contributed by atoms with E-state index in [0.717, 1.165) is 62.5 Å². The summed E-state index contributed by atoms with van der Waals surface area (Å²) in [6, 6.07) is 7.93. The minimum absolute atomic E-state index is 0. The number of hydrogen-bond donors (Lipinski definition) is 2. The maximum atomic E-state index is 11.0. The molecule has 0 aliphatic carbocycles. The highest BCUT2D eigenvalue weighted by molar-refractivity contribution is 7.99. The Labute approximate surface area is 158 Å². The Morgan fingerprint density at radius 2 is 1.84 bits per heavy atom. The first-order valence-corrected chi connectivity index (χ1v) is 10.0. The molecule has 3 N–H and O–H groups in total. The van der Waals surface area contributed by atoms with Gasteiger partial charge in [0.2, 0.25) is 11.8 Å². The number of hydrogen-bond acceptors (Lipinski definition) is 4. The molecule has 1 rings (SSSR count). The van der Waals surface area contributed by atoms with E-state index in [2.05, 4.69) is 5.32 Å². The lowest BCUT2D eigenvalue weighted by molar-refractivity contribution is -0.118. The SMILES string of the molecule is CC(=O)Nc1ccc(CCCOCSCCCCCCC(N)=O)cc1.[HH].[HH]. The molecule has 0 aromatic heterocycles. The van der Waals surface area contributed by atoms with Crippen molar-refractivity contribution in [1.29, 1.82) is 0 Å². The molecular formula is C19H34N2O3S. The summed E-state index contributed by atoms with van der Waals surface area (Å²) in [7, 11) is 0. The fourth-order valence-corrected chi connectivity index (χ4v) is 3.13. The molecule has 1 aromatic rings. The van der Waals surface area contributed by atoms with E-state index in [0.29, 0.717) is 6.42 Å². The van der Waals surface area contributed by atoms with Gasteiger partial charge in [-0.25, -0.2) is 0 Å². The lowest BCUT2D eigenvalue weighted by Gasteiger charge is -2.06. The second kappa shape index (κ2) is 13.7. The first kappa shape index (κ1) is 21.5. The van der Waals surface area contributed by atoms with E-state index in [4.69, 9.17) is 10.5 Å². The van der Waals surface area contributed by atoms with Gasteiger partial charge in [-0.3, -0.25) is 9.59 Å². The number of anilines is 1. The normalized spacial score (nSPS) is 10.6.